The number of benzene rings is 3. The fraction of sp³-hybridized carbons (Fsp3) is 0.161. The van der Waals surface area contributed by atoms with Crippen LogP contribution >= 0.6 is 27.3 Å². The third-order valence-electron chi connectivity index (χ3n) is 6.67. The van der Waals surface area contributed by atoms with Crippen LogP contribution in [0.4, 0.5) is 0 Å². The van der Waals surface area contributed by atoms with E-state index in [9.17, 15) is 4.79 Å². The second kappa shape index (κ2) is 10.1. The highest BCUT2D eigenvalue weighted by atomic mass is 79.9. The normalized spacial score (nSPS) is 12.4. The van der Waals surface area contributed by atoms with E-state index in [0.717, 1.165) is 38.3 Å². The molecule has 6 aromatic rings. The first kappa shape index (κ1) is 26.2. The Bertz CT molecular complexity index is 1950. The van der Waals surface area contributed by atoms with Gasteiger partial charge in [0.05, 0.1) is 21.8 Å². The van der Waals surface area contributed by atoms with E-state index in [1.807, 2.05) is 77.6 Å². The molecule has 7 nitrogen and oxygen atoms in total. The monoisotopic (exact) mass is 611 g/mol. The first-order valence-electron chi connectivity index (χ1n) is 12.7. The van der Waals surface area contributed by atoms with Gasteiger partial charge in [-0.3, -0.25) is 4.79 Å². The molecule has 3 aromatic carbocycles. The fourth-order valence-corrected chi connectivity index (χ4v) is 5.90. The molecule has 0 bridgehead atoms. The molecule has 0 atom stereocenters. The van der Waals surface area contributed by atoms with Gasteiger partial charge in [-0.05, 0) is 63.3 Å². The minimum absolute atomic E-state index is 0.0580. The maximum absolute atomic E-state index is 13.4. The molecule has 3 heterocycles. The lowest BCUT2D eigenvalue weighted by Crippen LogP contribution is -2.23. The zero-order valence-electron chi connectivity index (χ0n) is 22.4. The van der Waals surface area contributed by atoms with Crippen LogP contribution < -0.4 is 14.8 Å². The molecule has 0 aliphatic rings. The van der Waals surface area contributed by atoms with Crippen LogP contribution in [0.2, 0.25) is 0 Å². The van der Waals surface area contributed by atoms with E-state index in [0.29, 0.717) is 15.3 Å². The molecule has 0 fully saturated rings. The van der Waals surface area contributed by atoms with E-state index in [1.165, 1.54) is 21.4 Å². The highest BCUT2D eigenvalue weighted by molar-refractivity contribution is 9.10. The van der Waals surface area contributed by atoms with Crippen molar-refractivity contribution in [1.29, 1.82) is 0 Å². The van der Waals surface area contributed by atoms with Gasteiger partial charge >= 0.3 is 0 Å². The first-order valence-corrected chi connectivity index (χ1v) is 14.3. The molecule has 0 N–H and O–H groups in total. The number of rotatable bonds is 5. The SMILES string of the molecule is COc1ccc(-c2nn(-c3ccccc3)cc2/C=c2\sc3nc(-c4ccc(C(C)(C)C)cc4)nn3c2=O)cc1Br. The summed E-state index contributed by atoms with van der Waals surface area (Å²) in [5, 5.41) is 9.42. The smallest absolute Gasteiger partial charge is 0.291 e. The van der Waals surface area contributed by atoms with Crippen molar-refractivity contribution in [2.45, 2.75) is 26.2 Å². The van der Waals surface area contributed by atoms with Crippen LogP contribution in [0.5, 0.6) is 5.75 Å². The lowest BCUT2D eigenvalue weighted by atomic mass is 9.87. The molecule has 3 aromatic heterocycles. The number of nitrogens with zero attached hydrogens (tertiary/aromatic N) is 5. The topological polar surface area (TPSA) is 74.3 Å². The Morgan fingerprint density at radius 3 is 2.33 bits per heavy atom. The summed E-state index contributed by atoms with van der Waals surface area (Å²) in [6.45, 7) is 6.53. The molecule has 0 aliphatic carbocycles. The van der Waals surface area contributed by atoms with Gasteiger partial charge < -0.3 is 4.74 Å². The standard InChI is InChI=1S/C31H26BrN5O2S/c1-31(2,3)22-13-10-19(11-14-22)28-33-30-37(35-28)29(38)26(40-30)17-21-18-36(23-8-6-5-7-9-23)34-27(21)20-12-15-25(39-4)24(32)16-20/h5-18H,1-4H3/b26-17-. The van der Waals surface area contributed by atoms with E-state index >= 15 is 0 Å². The molecule has 0 amide bonds. The van der Waals surface area contributed by atoms with Crippen molar-refractivity contribution >= 4 is 38.3 Å². The molecule has 0 radical (unpaired) electrons. The van der Waals surface area contributed by atoms with Gasteiger partial charge in [-0.1, -0.05) is 74.6 Å². The molecule has 0 spiro atoms. The molecule has 0 aliphatic heterocycles. The lowest BCUT2D eigenvalue weighted by Gasteiger charge is -2.18. The minimum atomic E-state index is -0.209. The van der Waals surface area contributed by atoms with Gasteiger partial charge in [0.25, 0.3) is 5.56 Å². The number of aromatic nitrogens is 5. The summed E-state index contributed by atoms with van der Waals surface area (Å²) in [7, 11) is 1.63. The number of halogens is 1. The van der Waals surface area contributed by atoms with Crippen LogP contribution in [-0.4, -0.2) is 31.5 Å². The van der Waals surface area contributed by atoms with Gasteiger partial charge in [0, 0.05) is 22.9 Å². The van der Waals surface area contributed by atoms with E-state index < -0.39 is 0 Å². The van der Waals surface area contributed by atoms with Crippen molar-refractivity contribution in [3.8, 4) is 34.1 Å². The Hall–Kier alpha value is -4.08. The predicted octanol–water partition coefficient (Wildman–Crippen LogP) is 6.29. The molecule has 6 rings (SSSR count). The maximum atomic E-state index is 13.4. The summed E-state index contributed by atoms with van der Waals surface area (Å²) < 4.78 is 9.96. The van der Waals surface area contributed by atoms with Gasteiger partial charge in [0.2, 0.25) is 4.96 Å². The van der Waals surface area contributed by atoms with Crippen molar-refractivity contribution in [1.82, 2.24) is 24.4 Å². The van der Waals surface area contributed by atoms with Crippen molar-refractivity contribution in [2.75, 3.05) is 7.11 Å². The molecular weight excluding hydrogens is 586 g/mol. The minimum Gasteiger partial charge on any atom is -0.496 e. The fourth-order valence-electron chi connectivity index (χ4n) is 4.46. The molecule has 0 saturated carbocycles. The molecule has 0 saturated heterocycles. The average Bonchev–Trinajstić information content (AvgIpc) is 3.64. The van der Waals surface area contributed by atoms with Gasteiger partial charge in [0.15, 0.2) is 5.82 Å². The maximum Gasteiger partial charge on any atom is 0.291 e. The van der Waals surface area contributed by atoms with Crippen LogP contribution in [-0.2, 0) is 5.41 Å². The Morgan fingerprint density at radius 2 is 1.68 bits per heavy atom. The zero-order valence-corrected chi connectivity index (χ0v) is 24.8. The predicted molar refractivity (Wildman–Crippen MR) is 163 cm³/mol. The van der Waals surface area contributed by atoms with Crippen LogP contribution in [0, 0.1) is 0 Å². The lowest BCUT2D eigenvalue weighted by molar-refractivity contribution is 0.412. The number of hydrogen-bond donors (Lipinski definition) is 0. The van der Waals surface area contributed by atoms with Crippen molar-refractivity contribution in [2.24, 2.45) is 0 Å². The molecule has 200 valence electrons. The summed E-state index contributed by atoms with van der Waals surface area (Å²) in [5.41, 5.74) is 5.32. The van der Waals surface area contributed by atoms with Gasteiger partial charge in [-0.2, -0.15) is 14.6 Å². The molecule has 0 unspecified atom stereocenters. The third-order valence-corrected chi connectivity index (χ3v) is 8.24. The van der Waals surface area contributed by atoms with E-state index in [-0.39, 0.29) is 11.0 Å². The highest BCUT2D eigenvalue weighted by Crippen LogP contribution is 2.32. The Balaban J connectivity index is 1.44. The number of methoxy groups -OCH3 is 1. The van der Waals surface area contributed by atoms with Crippen LogP contribution in [0.3, 0.4) is 0 Å². The number of fused-ring (bicyclic) bond motifs is 1. The second-order valence-corrected chi connectivity index (χ2v) is 12.3. The van der Waals surface area contributed by atoms with E-state index in [2.05, 4.69) is 58.9 Å². The number of hydrogen-bond acceptors (Lipinski definition) is 6. The first-order chi connectivity index (χ1) is 19.2. The quantitative estimate of drug-likeness (QED) is 0.229. The summed E-state index contributed by atoms with van der Waals surface area (Å²) in [4.78, 5) is 18.6. The van der Waals surface area contributed by atoms with Gasteiger partial charge in [-0.15, -0.1) is 5.10 Å². The number of ether oxygens (including phenoxy) is 1. The number of thiazole rings is 1. The van der Waals surface area contributed by atoms with Gasteiger partial charge in [0.1, 0.15) is 11.4 Å². The van der Waals surface area contributed by atoms with Crippen molar-refractivity contribution in [3.05, 3.63) is 109 Å². The van der Waals surface area contributed by atoms with Crippen LogP contribution in [0.1, 0.15) is 31.9 Å². The molecular formula is C31H26BrN5O2S. The molecule has 9 heteroatoms. The Kier molecular flexibility index (Phi) is 6.64. The average molecular weight is 613 g/mol. The molecule has 40 heavy (non-hydrogen) atoms. The largest absolute Gasteiger partial charge is 0.496 e. The summed E-state index contributed by atoms with van der Waals surface area (Å²) >= 11 is 4.89. The summed E-state index contributed by atoms with van der Waals surface area (Å²) in [6, 6.07) is 23.9. The second-order valence-electron chi connectivity index (χ2n) is 10.4. The Morgan fingerprint density at radius 1 is 0.950 bits per heavy atom. The van der Waals surface area contributed by atoms with Crippen molar-refractivity contribution in [3.63, 3.8) is 0 Å². The van der Waals surface area contributed by atoms with Gasteiger partial charge in [-0.25, -0.2) is 4.68 Å². The van der Waals surface area contributed by atoms with E-state index in [1.54, 1.807) is 7.11 Å². The summed E-state index contributed by atoms with van der Waals surface area (Å²) in [5.74, 6) is 1.27. The van der Waals surface area contributed by atoms with Crippen LogP contribution in [0.25, 0.3) is 39.4 Å². The van der Waals surface area contributed by atoms with Crippen molar-refractivity contribution < 1.29 is 4.74 Å². The zero-order chi connectivity index (χ0) is 28.0. The Labute approximate surface area is 243 Å². The number of para-hydroxylation sites is 1. The third kappa shape index (κ3) is 4.87. The van der Waals surface area contributed by atoms with Crippen LogP contribution in [0.15, 0.2) is 88.3 Å². The van der Waals surface area contributed by atoms with E-state index in [4.69, 9.17) is 9.84 Å². The summed E-state index contributed by atoms with van der Waals surface area (Å²) in [6.07, 6.45) is 3.79. The highest BCUT2D eigenvalue weighted by Gasteiger charge is 2.17.